The van der Waals surface area contributed by atoms with E-state index >= 15 is 0 Å². The second kappa shape index (κ2) is 15.3. The van der Waals surface area contributed by atoms with E-state index in [9.17, 15) is 4.79 Å². The van der Waals surface area contributed by atoms with Crippen LogP contribution in [0, 0.1) is 0 Å². The van der Waals surface area contributed by atoms with Gasteiger partial charge in [0.1, 0.15) is 17.2 Å². The zero-order chi connectivity index (χ0) is 22.2. The quantitative estimate of drug-likeness (QED) is 0.157. The van der Waals surface area contributed by atoms with E-state index in [4.69, 9.17) is 14.2 Å². The third kappa shape index (κ3) is 10.4. The summed E-state index contributed by atoms with van der Waals surface area (Å²) in [6, 6.07) is 14.2. The van der Waals surface area contributed by atoms with Crippen LogP contribution in [-0.2, 0) is 0 Å². The number of ether oxygens (including phenoxy) is 3. The maximum Gasteiger partial charge on any atom is 0.343 e. The van der Waals surface area contributed by atoms with E-state index in [1.807, 2.05) is 24.3 Å². The Morgan fingerprint density at radius 2 is 1.06 bits per heavy atom. The first kappa shape index (κ1) is 24.8. The van der Waals surface area contributed by atoms with Gasteiger partial charge in [-0.25, -0.2) is 4.79 Å². The Hall–Kier alpha value is -2.49. The number of benzene rings is 2. The molecule has 31 heavy (non-hydrogen) atoms. The summed E-state index contributed by atoms with van der Waals surface area (Å²) in [5.41, 5.74) is 0.502. The zero-order valence-corrected chi connectivity index (χ0v) is 19.2. The van der Waals surface area contributed by atoms with Gasteiger partial charge in [0.25, 0.3) is 0 Å². The molecule has 0 bridgehead atoms. The van der Waals surface area contributed by atoms with Gasteiger partial charge in [0.05, 0.1) is 18.8 Å². The normalized spacial score (nSPS) is 10.6. The first-order valence-corrected chi connectivity index (χ1v) is 11.9. The molecule has 0 aliphatic carbocycles. The van der Waals surface area contributed by atoms with Crippen molar-refractivity contribution in [2.24, 2.45) is 0 Å². The predicted octanol–water partition coefficient (Wildman–Crippen LogP) is 7.60. The van der Waals surface area contributed by atoms with Crippen LogP contribution in [-0.4, -0.2) is 19.2 Å². The fourth-order valence-corrected chi connectivity index (χ4v) is 3.28. The molecule has 170 valence electrons. The molecule has 4 nitrogen and oxygen atoms in total. The van der Waals surface area contributed by atoms with Gasteiger partial charge in [-0.2, -0.15) is 0 Å². The molecule has 2 rings (SSSR count). The van der Waals surface area contributed by atoms with Crippen molar-refractivity contribution in [3.63, 3.8) is 0 Å². The minimum atomic E-state index is -0.382. The Kier molecular flexibility index (Phi) is 12.3. The van der Waals surface area contributed by atoms with Crippen LogP contribution in [0.2, 0.25) is 0 Å². The van der Waals surface area contributed by atoms with E-state index in [-0.39, 0.29) is 5.97 Å². The molecule has 0 radical (unpaired) electrons. The highest BCUT2D eigenvalue weighted by molar-refractivity contribution is 5.91. The monoisotopic (exact) mass is 426 g/mol. The minimum absolute atomic E-state index is 0.382. The van der Waals surface area contributed by atoms with Crippen LogP contribution in [0.1, 0.15) is 88.4 Å². The second-order valence-corrected chi connectivity index (χ2v) is 7.91. The average molecular weight is 427 g/mol. The van der Waals surface area contributed by atoms with Gasteiger partial charge < -0.3 is 14.2 Å². The molecule has 4 heteroatoms. The molecule has 0 fully saturated rings. The summed E-state index contributed by atoms with van der Waals surface area (Å²) in [5.74, 6) is 1.68. The maximum atomic E-state index is 12.3. The summed E-state index contributed by atoms with van der Waals surface area (Å²) in [6.07, 6.45) is 12.6. The molecule has 0 N–H and O–H groups in total. The lowest BCUT2D eigenvalue weighted by atomic mass is 10.1. The van der Waals surface area contributed by atoms with Gasteiger partial charge in [-0.3, -0.25) is 0 Å². The fraction of sp³-hybridized carbons (Fsp3) is 0.519. The molecule has 0 spiro atoms. The SMILES string of the molecule is CCCCCCCCCCCOc1ccc(C(=O)Oc2ccc(OCCC)cc2)cc1. The molecule has 0 saturated carbocycles. The molecular weight excluding hydrogens is 388 g/mol. The predicted molar refractivity (Wildman–Crippen MR) is 126 cm³/mol. The molecule has 0 saturated heterocycles. The van der Waals surface area contributed by atoms with Crippen molar-refractivity contribution >= 4 is 5.97 Å². The van der Waals surface area contributed by atoms with Crippen molar-refractivity contribution in [3.05, 3.63) is 54.1 Å². The standard InChI is InChI=1S/C27H38O4/c1-3-5-6-7-8-9-10-11-12-22-30-24-15-13-23(14-16-24)27(28)31-26-19-17-25(18-20-26)29-21-4-2/h13-20H,3-12,21-22H2,1-2H3. The largest absolute Gasteiger partial charge is 0.494 e. The second-order valence-electron chi connectivity index (χ2n) is 7.91. The average Bonchev–Trinajstić information content (AvgIpc) is 2.80. The molecule has 2 aromatic carbocycles. The van der Waals surface area contributed by atoms with Crippen LogP contribution in [0.5, 0.6) is 17.2 Å². The van der Waals surface area contributed by atoms with Gasteiger partial charge in [0.15, 0.2) is 0 Å². The highest BCUT2D eigenvalue weighted by Gasteiger charge is 2.09. The van der Waals surface area contributed by atoms with Crippen LogP contribution in [0.4, 0.5) is 0 Å². The molecule has 0 amide bonds. The lowest BCUT2D eigenvalue weighted by Crippen LogP contribution is -2.08. The molecule has 0 aliphatic rings. The summed E-state index contributed by atoms with van der Waals surface area (Å²) >= 11 is 0. The van der Waals surface area contributed by atoms with Crippen molar-refractivity contribution in [1.29, 1.82) is 0 Å². The fourth-order valence-electron chi connectivity index (χ4n) is 3.28. The number of hydrogen-bond acceptors (Lipinski definition) is 4. The van der Waals surface area contributed by atoms with Crippen LogP contribution in [0.3, 0.4) is 0 Å². The van der Waals surface area contributed by atoms with E-state index in [1.54, 1.807) is 24.3 Å². The molecule has 0 aliphatic heterocycles. The highest BCUT2D eigenvalue weighted by Crippen LogP contribution is 2.20. The lowest BCUT2D eigenvalue weighted by Gasteiger charge is -2.08. The van der Waals surface area contributed by atoms with Gasteiger partial charge >= 0.3 is 5.97 Å². The van der Waals surface area contributed by atoms with E-state index < -0.39 is 0 Å². The molecule has 0 aromatic heterocycles. The summed E-state index contributed by atoms with van der Waals surface area (Å²) in [5, 5.41) is 0. The van der Waals surface area contributed by atoms with Gasteiger partial charge in [-0.1, -0.05) is 65.2 Å². The van der Waals surface area contributed by atoms with Crippen LogP contribution >= 0.6 is 0 Å². The Labute approximate surface area is 187 Å². The van der Waals surface area contributed by atoms with Crippen molar-refractivity contribution in [2.75, 3.05) is 13.2 Å². The molecular formula is C27H38O4. The van der Waals surface area contributed by atoms with Crippen LogP contribution in [0.15, 0.2) is 48.5 Å². The topological polar surface area (TPSA) is 44.8 Å². The summed E-state index contributed by atoms with van der Waals surface area (Å²) in [6.45, 7) is 5.70. The zero-order valence-electron chi connectivity index (χ0n) is 19.2. The Morgan fingerprint density at radius 3 is 1.65 bits per heavy atom. The Balaban J connectivity index is 1.63. The van der Waals surface area contributed by atoms with Crippen molar-refractivity contribution < 1.29 is 19.0 Å². The van der Waals surface area contributed by atoms with Gasteiger partial charge in [0, 0.05) is 0 Å². The van der Waals surface area contributed by atoms with Gasteiger partial charge in [-0.05, 0) is 61.4 Å². The third-order valence-electron chi connectivity index (χ3n) is 5.11. The maximum absolute atomic E-state index is 12.3. The highest BCUT2D eigenvalue weighted by atomic mass is 16.5. The number of carbonyl (C=O) groups is 1. The number of hydrogen-bond donors (Lipinski definition) is 0. The number of rotatable bonds is 16. The van der Waals surface area contributed by atoms with Crippen molar-refractivity contribution in [3.8, 4) is 17.2 Å². The Morgan fingerprint density at radius 1 is 0.581 bits per heavy atom. The summed E-state index contributed by atoms with van der Waals surface area (Å²) in [7, 11) is 0. The van der Waals surface area contributed by atoms with Crippen molar-refractivity contribution in [2.45, 2.75) is 78.1 Å². The summed E-state index contributed by atoms with van der Waals surface area (Å²) < 4.78 is 16.8. The number of unbranched alkanes of at least 4 members (excludes halogenated alkanes) is 8. The van der Waals surface area contributed by atoms with E-state index in [0.29, 0.717) is 24.5 Å². The number of carbonyl (C=O) groups excluding carboxylic acids is 1. The smallest absolute Gasteiger partial charge is 0.343 e. The first-order valence-electron chi connectivity index (χ1n) is 11.9. The lowest BCUT2D eigenvalue weighted by molar-refractivity contribution is 0.0734. The minimum Gasteiger partial charge on any atom is -0.494 e. The molecule has 0 atom stereocenters. The van der Waals surface area contributed by atoms with Crippen LogP contribution in [0.25, 0.3) is 0 Å². The van der Waals surface area contributed by atoms with Crippen molar-refractivity contribution in [1.82, 2.24) is 0 Å². The number of esters is 1. The van der Waals surface area contributed by atoms with E-state index in [2.05, 4.69) is 13.8 Å². The molecule has 0 heterocycles. The molecule has 0 unspecified atom stereocenters. The van der Waals surface area contributed by atoms with Gasteiger partial charge in [-0.15, -0.1) is 0 Å². The first-order chi connectivity index (χ1) is 15.2. The van der Waals surface area contributed by atoms with E-state index in [0.717, 1.165) is 24.3 Å². The third-order valence-corrected chi connectivity index (χ3v) is 5.11. The van der Waals surface area contributed by atoms with Gasteiger partial charge in [0.2, 0.25) is 0 Å². The molecule has 2 aromatic rings. The van der Waals surface area contributed by atoms with Crippen LogP contribution < -0.4 is 14.2 Å². The summed E-state index contributed by atoms with van der Waals surface area (Å²) in [4.78, 5) is 12.3. The Bertz CT molecular complexity index is 722. The van der Waals surface area contributed by atoms with E-state index in [1.165, 1.54) is 51.4 Å².